The van der Waals surface area contributed by atoms with E-state index >= 15 is 0 Å². The summed E-state index contributed by atoms with van der Waals surface area (Å²) >= 11 is 0. The lowest BCUT2D eigenvalue weighted by Gasteiger charge is -2.03. The molecular weight excluding hydrogens is 176 g/mol. The van der Waals surface area contributed by atoms with Crippen LogP contribution in [0.15, 0.2) is 35.5 Å². The molecule has 2 aromatic rings. The third kappa shape index (κ3) is 1.33. The third-order valence-electron chi connectivity index (χ3n) is 2.27. The molecule has 0 spiro atoms. The highest BCUT2D eigenvalue weighted by atomic mass is 16.3. The number of nitrogens with two attached hydrogens (primary N) is 1. The summed E-state index contributed by atoms with van der Waals surface area (Å²) < 4.78 is 0. The van der Waals surface area contributed by atoms with Crippen molar-refractivity contribution in [2.75, 3.05) is 5.73 Å². The number of nitrogens with zero attached hydrogens (tertiary/aromatic N) is 1. The first-order valence-electron chi connectivity index (χ1n) is 4.34. The van der Waals surface area contributed by atoms with Gasteiger partial charge in [0.15, 0.2) is 0 Å². The number of nitrogen functional groups attached to an aromatic ring is 1. The average molecular weight is 186 g/mol. The van der Waals surface area contributed by atoms with E-state index in [9.17, 15) is 4.91 Å². The maximum Gasteiger partial charge on any atom is 0.108 e. The SMILES string of the molecule is Cc1cc(N)cc2cc(N=O)ccc12. The molecule has 0 heterocycles. The Hall–Kier alpha value is -1.90. The third-order valence-corrected chi connectivity index (χ3v) is 2.27. The van der Waals surface area contributed by atoms with Gasteiger partial charge in [-0.2, -0.15) is 0 Å². The van der Waals surface area contributed by atoms with Crippen LogP contribution in [-0.2, 0) is 0 Å². The van der Waals surface area contributed by atoms with Crippen LogP contribution in [0, 0.1) is 11.8 Å². The van der Waals surface area contributed by atoms with Crippen LogP contribution in [-0.4, -0.2) is 0 Å². The van der Waals surface area contributed by atoms with Crippen LogP contribution in [0.4, 0.5) is 11.4 Å². The molecule has 0 aliphatic rings. The largest absolute Gasteiger partial charge is 0.399 e. The Balaban J connectivity index is 2.81. The number of benzene rings is 2. The topological polar surface area (TPSA) is 55.4 Å². The molecule has 0 aliphatic heterocycles. The minimum atomic E-state index is 0.433. The van der Waals surface area contributed by atoms with Crippen LogP contribution in [0.3, 0.4) is 0 Å². The van der Waals surface area contributed by atoms with Crippen molar-refractivity contribution >= 4 is 22.1 Å². The standard InChI is InChI=1S/C11H10N2O/c1-7-4-9(12)5-8-6-10(13-14)2-3-11(7)8/h2-6H,12H2,1H3. The maximum absolute atomic E-state index is 10.3. The van der Waals surface area contributed by atoms with Gasteiger partial charge in [0.05, 0.1) is 0 Å². The van der Waals surface area contributed by atoms with Gasteiger partial charge in [0.2, 0.25) is 0 Å². The number of aryl methyl sites for hydroxylation is 1. The van der Waals surface area contributed by atoms with Gasteiger partial charge in [-0.25, -0.2) is 0 Å². The van der Waals surface area contributed by atoms with Crippen molar-refractivity contribution in [2.45, 2.75) is 6.92 Å². The summed E-state index contributed by atoms with van der Waals surface area (Å²) in [4.78, 5) is 10.3. The van der Waals surface area contributed by atoms with Crippen molar-refractivity contribution < 1.29 is 0 Å². The molecule has 0 fully saturated rings. The Morgan fingerprint density at radius 2 is 2.00 bits per heavy atom. The van der Waals surface area contributed by atoms with Gasteiger partial charge >= 0.3 is 0 Å². The lowest BCUT2D eigenvalue weighted by atomic mass is 10.0. The normalized spacial score (nSPS) is 10.4. The number of nitroso groups, excluding NO2 is 1. The second kappa shape index (κ2) is 3.10. The van der Waals surface area contributed by atoms with E-state index in [0.717, 1.165) is 16.3 Å². The molecule has 0 aromatic heterocycles. The predicted octanol–water partition coefficient (Wildman–Crippen LogP) is 3.13. The lowest BCUT2D eigenvalue weighted by molar-refractivity contribution is 1.49. The molecule has 0 saturated carbocycles. The summed E-state index contributed by atoms with van der Waals surface area (Å²) in [7, 11) is 0. The molecule has 3 heteroatoms. The van der Waals surface area contributed by atoms with Crippen LogP contribution in [0.2, 0.25) is 0 Å². The summed E-state index contributed by atoms with van der Waals surface area (Å²) in [5.41, 5.74) is 7.96. The first kappa shape index (κ1) is 8.69. The van der Waals surface area contributed by atoms with E-state index in [1.54, 1.807) is 12.1 Å². The Kier molecular flexibility index (Phi) is 1.93. The zero-order valence-electron chi connectivity index (χ0n) is 7.82. The molecular formula is C11H10N2O. The average Bonchev–Trinajstić information content (AvgIpc) is 2.16. The fraction of sp³-hybridized carbons (Fsp3) is 0.0909. The molecule has 0 aliphatic carbocycles. The van der Waals surface area contributed by atoms with Crippen molar-refractivity contribution in [3.63, 3.8) is 0 Å². The van der Waals surface area contributed by atoms with Gasteiger partial charge in [-0.1, -0.05) is 6.07 Å². The van der Waals surface area contributed by atoms with Crippen molar-refractivity contribution in [3.8, 4) is 0 Å². The van der Waals surface area contributed by atoms with Gasteiger partial charge in [0, 0.05) is 5.69 Å². The van der Waals surface area contributed by atoms with Crippen LogP contribution < -0.4 is 5.73 Å². The van der Waals surface area contributed by atoms with Crippen molar-refractivity contribution in [1.82, 2.24) is 0 Å². The zero-order valence-corrected chi connectivity index (χ0v) is 7.82. The summed E-state index contributed by atoms with van der Waals surface area (Å²) in [5.74, 6) is 0. The van der Waals surface area contributed by atoms with E-state index in [-0.39, 0.29) is 0 Å². The van der Waals surface area contributed by atoms with Gasteiger partial charge in [0.25, 0.3) is 0 Å². The lowest BCUT2D eigenvalue weighted by Crippen LogP contribution is -1.86. The monoisotopic (exact) mass is 186 g/mol. The van der Waals surface area contributed by atoms with Gasteiger partial charge < -0.3 is 5.73 Å². The summed E-state index contributed by atoms with van der Waals surface area (Å²) in [6.07, 6.45) is 0. The van der Waals surface area contributed by atoms with Gasteiger partial charge in [-0.3, -0.25) is 0 Å². The second-order valence-corrected chi connectivity index (χ2v) is 3.33. The van der Waals surface area contributed by atoms with E-state index in [0.29, 0.717) is 11.4 Å². The second-order valence-electron chi connectivity index (χ2n) is 3.33. The molecule has 14 heavy (non-hydrogen) atoms. The van der Waals surface area contributed by atoms with E-state index < -0.39 is 0 Å². The Bertz CT molecular complexity index is 506. The number of anilines is 1. The summed E-state index contributed by atoms with van der Waals surface area (Å²) in [6.45, 7) is 1.99. The molecule has 0 atom stereocenters. The Morgan fingerprint density at radius 1 is 1.21 bits per heavy atom. The highest BCUT2D eigenvalue weighted by Gasteiger charge is 2.00. The first-order chi connectivity index (χ1) is 6.70. The molecule has 0 radical (unpaired) electrons. The summed E-state index contributed by atoms with van der Waals surface area (Å²) in [5, 5.41) is 4.95. The van der Waals surface area contributed by atoms with Crippen LogP contribution in [0.25, 0.3) is 10.8 Å². The van der Waals surface area contributed by atoms with Crippen molar-refractivity contribution in [3.05, 3.63) is 40.8 Å². The maximum atomic E-state index is 10.3. The number of rotatable bonds is 1. The molecule has 2 N–H and O–H groups in total. The molecule has 0 amide bonds. The quantitative estimate of drug-likeness (QED) is 0.549. The molecule has 0 saturated heterocycles. The summed E-state index contributed by atoms with van der Waals surface area (Å²) in [6, 6.07) is 9.10. The fourth-order valence-corrected chi connectivity index (χ4v) is 1.63. The van der Waals surface area contributed by atoms with E-state index in [4.69, 9.17) is 5.73 Å². The Labute approximate surface area is 81.5 Å². The molecule has 3 nitrogen and oxygen atoms in total. The number of fused-ring (bicyclic) bond motifs is 1. The highest BCUT2D eigenvalue weighted by Crippen LogP contribution is 2.25. The molecule has 0 bridgehead atoms. The highest BCUT2D eigenvalue weighted by molar-refractivity contribution is 5.90. The van der Waals surface area contributed by atoms with Crippen LogP contribution in [0.5, 0.6) is 0 Å². The molecule has 0 unspecified atom stereocenters. The van der Waals surface area contributed by atoms with Crippen LogP contribution >= 0.6 is 0 Å². The van der Waals surface area contributed by atoms with Gasteiger partial charge in [0.1, 0.15) is 5.69 Å². The van der Waals surface area contributed by atoms with Crippen molar-refractivity contribution in [2.24, 2.45) is 5.18 Å². The zero-order chi connectivity index (χ0) is 10.1. The van der Waals surface area contributed by atoms with Crippen LogP contribution in [0.1, 0.15) is 5.56 Å². The molecule has 2 rings (SSSR count). The van der Waals surface area contributed by atoms with E-state index in [2.05, 4.69) is 5.18 Å². The van der Waals surface area contributed by atoms with E-state index in [1.165, 1.54) is 0 Å². The first-order valence-corrected chi connectivity index (χ1v) is 4.34. The number of hydrogen-bond acceptors (Lipinski definition) is 3. The van der Waals surface area contributed by atoms with E-state index in [1.807, 2.05) is 25.1 Å². The van der Waals surface area contributed by atoms with Gasteiger partial charge in [-0.05, 0) is 52.7 Å². The fourth-order valence-electron chi connectivity index (χ4n) is 1.63. The Morgan fingerprint density at radius 3 is 2.71 bits per heavy atom. The number of hydrogen-bond donors (Lipinski definition) is 1. The molecule has 2 aromatic carbocycles. The molecule has 70 valence electrons. The van der Waals surface area contributed by atoms with Gasteiger partial charge in [-0.15, -0.1) is 4.91 Å². The predicted molar refractivity (Wildman–Crippen MR) is 58.6 cm³/mol. The minimum Gasteiger partial charge on any atom is -0.399 e. The van der Waals surface area contributed by atoms with Crippen molar-refractivity contribution in [1.29, 1.82) is 0 Å². The minimum absolute atomic E-state index is 0.433. The smallest absolute Gasteiger partial charge is 0.108 e.